The number of hydrogen-bond donors (Lipinski definition) is 0. The monoisotopic (exact) mass is 255 g/mol. The highest BCUT2D eigenvalue weighted by atomic mass is 16.5. The van der Waals surface area contributed by atoms with Crippen molar-refractivity contribution in [2.75, 3.05) is 6.61 Å². The van der Waals surface area contributed by atoms with Crippen LogP contribution in [0.15, 0.2) is 36.5 Å². The number of carbonyl (C=O) groups excluding carboxylic acids is 1. The van der Waals surface area contributed by atoms with Gasteiger partial charge in [0.05, 0.1) is 0 Å². The van der Waals surface area contributed by atoms with E-state index in [-0.39, 0.29) is 18.3 Å². The third-order valence-electron chi connectivity index (χ3n) is 3.78. The number of ether oxygens (including phenoxy) is 1. The van der Waals surface area contributed by atoms with Crippen molar-refractivity contribution >= 4 is 16.7 Å². The van der Waals surface area contributed by atoms with Crippen LogP contribution >= 0.6 is 0 Å². The molecule has 98 valence electrons. The van der Waals surface area contributed by atoms with E-state index in [1.165, 1.54) is 12.8 Å². The van der Waals surface area contributed by atoms with Crippen LogP contribution in [0, 0.1) is 5.92 Å². The number of pyridine rings is 1. The molecule has 0 saturated heterocycles. The first-order valence-electron chi connectivity index (χ1n) is 6.84. The fraction of sp³-hybridized carbons (Fsp3) is 0.375. The SMILES string of the molecule is O=C(COc1cccc2cccnc12)C1CCCC1. The van der Waals surface area contributed by atoms with Crippen LogP contribution in [0.3, 0.4) is 0 Å². The topological polar surface area (TPSA) is 39.2 Å². The first kappa shape index (κ1) is 12.2. The molecular formula is C16H17NO2. The molecule has 0 N–H and O–H groups in total. The second-order valence-electron chi connectivity index (χ2n) is 5.07. The van der Waals surface area contributed by atoms with E-state index in [9.17, 15) is 4.79 Å². The van der Waals surface area contributed by atoms with Gasteiger partial charge < -0.3 is 4.74 Å². The number of ketones is 1. The van der Waals surface area contributed by atoms with Crippen molar-refractivity contribution < 1.29 is 9.53 Å². The summed E-state index contributed by atoms with van der Waals surface area (Å²) in [5.41, 5.74) is 0.823. The molecule has 1 aliphatic carbocycles. The molecule has 0 bridgehead atoms. The molecule has 0 amide bonds. The van der Waals surface area contributed by atoms with Crippen molar-refractivity contribution in [3.8, 4) is 5.75 Å². The summed E-state index contributed by atoms with van der Waals surface area (Å²) in [6.45, 7) is 0.167. The summed E-state index contributed by atoms with van der Waals surface area (Å²) in [6, 6.07) is 9.69. The van der Waals surface area contributed by atoms with E-state index < -0.39 is 0 Å². The Labute approximate surface area is 112 Å². The fourth-order valence-corrected chi connectivity index (χ4v) is 2.71. The second kappa shape index (κ2) is 5.39. The minimum absolute atomic E-state index is 0.167. The molecule has 1 fully saturated rings. The number of para-hydroxylation sites is 1. The summed E-state index contributed by atoms with van der Waals surface area (Å²) in [4.78, 5) is 16.3. The zero-order valence-corrected chi connectivity index (χ0v) is 10.8. The molecule has 3 heteroatoms. The maximum absolute atomic E-state index is 12.0. The number of aromatic nitrogens is 1. The van der Waals surface area contributed by atoms with E-state index in [4.69, 9.17) is 4.74 Å². The lowest BCUT2D eigenvalue weighted by molar-refractivity contribution is -0.124. The number of carbonyl (C=O) groups is 1. The third-order valence-corrected chi connectivity index (χ3v) is 3.78. The summed E-state index contributed by atoms with van der Waals surface area (Å²) < 4.78 is 5.68. The molecule has 1 saturated carbocycles. The van der Waals surface area contributed by atoms with Crippen molar-refractivity contribution in [1.29, 1.82) is 0 Å². The minimum Gasteiger partial charge on any atom is -0.484 e. The van der Waals surface area contributed by atoms with E-state index in [2.05, 4.69) is 4.98 Å². The molecule has 1 heterocycles. The first-order chi connectivity index (χ1) is 9.34. The van der Waals surface area contributed by atoms with Crippen LogP contribution in [0.5, 0.6) is 5.75 Å². The predicted molar refractivity (Wildman–Crippen MR) is 74.2 cm³/mol. The predicted octanol–water partition coefficient (Wildman–Crippen LogP) is 3.37. The number of rotatable bonds is 4. The molecule has 0 spiro atoms. The average Bonchev–Trinajstić information content (AvgIpc) is 2.99. The number of nitrogens with zero attached hydrogens (tertiary/aromatic N) is 1. The third kappa shape index (κ3) is 2.60. The Hall–Kier alpha value is -1.90. The molecule has 3 rings (SSSR count). The molecule has 1 aromatic heterocycles. The van der Waals surface area contributed by atoms with E-state index in [0.29, 0.717) is 5.75 Å². The van der Waals surface area contributed by atoms with Crippen LogP contribution in [0.1, 0.15) is 25.7 Å². The largest absolute Gasteiger partial charge is 0.484 e. The van der Waals surface area contributed by atoms with Crippen molar-refractivity contribution in [3.05, 3.63) is 36.5 Å². The maximum Gasteiger partial charge on any atom is 0.173 e. The molecule has 0 aliphatic heterocycles. The van der Waals surface area contributed by atoms with Gasteiger partial charge in [-0.2, -0.15) is 0 Å². The highest BCUT2D eigenvalue weighted by Crippen LogP contribution is 2.27. The molecule has 2 aromatic rings. The van der Waals surface area contributed by atoms with Crippen molar-refractivity contribution in [1.82, 2.24) is 4.98 Å². The zero-order chi connectivity index (χ0) is 13.1. The van der Waals surface area contributed by atoms with Gasteiger partial charge in [-0.05, 0) is 25.0 Å². The van der Waals surface area contributed by atoms with Gasteiger partial charge in [-0.15, -0.1) is 0 Å². The maximum atomic E-state index is 12.0. The second-order valence-corrected chi connectivity index (χ2v) is 5.07. The Bertz CT molecular complexity index is 583. The van der Waals surface area contributed by atoms with Crippen LogP contribution in [0.25, 0.3) is 10.9 Å². The molecule has 1 aliphatic rings. The molecule has 0 radical (unpaired) electrons. The quantitative estimate of drug-likeness (QED) is 0.840. The van der Waals surface area contributed by atoms with Crippen LogP contribution < -0.4 is 4.74 Å². The standard InChI is InChI=1S/C16H17NO2/c18-14(12-5-1-2-6-12)11-19-15-9-3-7-13-8-4-10-17-16(13)15/h3-4,7-10,12H,1-2,5-6,11H2. The van der Waals surface area contributed by atoms with Crippen molar-refractivity contribution in [2.45, 2.75) is 25.7 Å². The van der Waals surface area contributed by atoms with E-state index in [1.54, 1.807) is 6.20 Å². The molecule has 3 nitrogen and oxygen atoms in total. The van der Waals surface area contributed by atoms with Gasteiger partial charge in [0.25, 0.3) is 0 Å². The molecule has 0 atom stereocenters. The summed E-state index contributed by atoms with van der Waals surface area (Å²) in [7, 11) is 0. The highest BCUT2D eigenvalue weighted by Gasteiger charge is 2.22. The summed E-state index contributed by atoms with van der Waals surface area (Å²) >= 11 is 0. The van der Waals surface area contributed by atoms with Gasteiger partial charge in [0.1, 0.15) is 17.9 Å². The molecule has 0 unspecified atom stereocenters. The molecule has 19 heavy (non-hydrogen) atoms. The number of hydrogen-bond acceptors (Lipinski definition) is 3. The van der Waals surface area contributed by atoms with Crippen LogP contribution in [0.2, 0.25) is 0 Å². The first-order valence-corrected chi connectivity index (χ1v) is 6.84. The lowest BCUT2D eigenvalue weighted by Gasteiger charge is -2.10. The Kier molecular flexibility index (Phi) is 3.45. The summed E-state index contributed by atoms with van der Waals surface area (Å²) in [6.07, 6.45) is 6.14. The Morgan fingerprint density at radius 2 is 2.00 bits per heavy atom. The van der Waals surface area contributed by atoms with Gasteiger partial charge >= 0.3 is 0 Å². The lowest BCUT2D eigenvalue weighted by Crippen LogP contribution is -2.19. The number of benzene rings is 1. The average molecular weight is 255 g/mol. The van der Waals surface area contributed by atoms with Gasteiger partial charge in [-0.1, -0.05) is 31.0 Å². The number of fused-ring (bicyclic) bond motifs is 1. The van der Waals surface area contributed by atoms with Crippen LogP contribution in [0.4, 0.5) is 0 Å². The van der Waals surface area contributed by atoms with Crippen molar-refractivity contribution in [3.63, 3.8) is 0 Å². The molecule has 1 aromatic carbocycles. The van der Waals surface area contributed by atoms with Gasteiger partial charge in [-0.25, -0.2) is 0 Å². The fourth-order valence-electron chi connectivity index (χ4n) is 2.71. The lowest BCUT2D eigenvalue weighted by atomic mass is 10.0. The normalized spacial score (nSPS) is 15.8. The van der Waals surface area contributed by atoms with Gasteiger partial charge in [-0.3, -0.25) is 9.78 Å². The van der Waals surface area contributed by atoms with E-state index >= 15 is 0 Å². The minimum atomic E-state index is 0.167. The highest BCUT2D eigenvalue weighted by molar-refractivity contribution is 5.86. The number of Topliss-reactive ketones (excluding diaryl/α,β-unsaturated/α-hetero) is 1. The van der Waals surface area contributed by atoms with Crippen LogP contribution in [-0.4, -0.2) is 17.4 Å². The smallest absolute Gasteiger partial charge is 0.173 e. The zero-order valence-electron chi connectivity index (χ0n) is 10.8. The van der Waals surface area contributed by atoms with Crippen LogP contribution in [-0.2, 0) is 4.79 Å². The Morgan fingerprint density at radius 1 is 1.21 bits per heavy atom. The summed E-state index contributed by atoms with van der Waals surface area (Å²) in [5.74, 6) is 1.14. The van der Waals surface area contributed by atoms with Gasteiger partial charge in [0.2, 0.25) is 0 Å². The van der Waals surface area contributed by atoms with E-state index in [0.717, 1.165) is 23.7 Å². The molecular weight excluding hydrogens is 238 g/mol. The van der Waals surface area contributed by atoms with Gasteiger partial charge in [0.15, 0.2) is 5.78 Å². The van der Waals surface area contributed by atoms with Crippen molar-refractivity contribution in [2.24, 2.45) is 5.92 Å². The Balaban J connectivity index is 1.73. The Morgan fingerprint density at radius 3 is 2.84 bits per heavy atom. The van der Waals surface area contributed by atoms with Gasteiger partial charge in [0, 0.05) is 17.5 Å². The summed E-state index contributed by atoms with van der Waals surface area (Å²) in [5, 5.41) is 1.04. The van der Waals surface area contributed by atoms with E-state index in [1.807, 2.05) is 30.3 Å².